The summed E-state index contributed by atoms with van der Waals surface area (Å²) in [6.07, 6.45) is 17.4. The van der Waals surface area contributed by atoms with Gasteiger partial charge in [-0.1, -0.05) is 153 Å². The predicted octanol–water partition coefficient (Wildman–Crippen LogP) is 12.5. The molecule has 3 rings (SSSR count). The second-order valence-electron chi connectivity index (χ2n) is 16.4. The molecule has 12 heteroatoms. The first-order valence-electron chi connectivity index (χ1n) is 21.1. The van der Waals surface area contributed by atoms with Gasteiger partial charge in [0.05, 0.1) is 56.9 Å². The van der Waals surface area contributed by atoms with Crippen LogP contribution < -0.4 is 5.32 Å². The molecule has 0 heterocycles. The zero-order chi connectivity index (χ0) is 41.6. The highest BCUT2D eigenvalue weighted by Crippen LogP contribution is 2.50. The van der Waals surface area contributed by atoms with Crippen LogP contribution in [0.5, 0.6) is 0 Å². The van der Waals surface area contributed by atoms with E-state index in [0.717, 1.165) is 41.5 Å². The van der Waals surface area contributed by atoms with Crippen molar-refractivity contribution in [1.82, 2.24) is 5.32 Å². The molecular formula is C45H68N3O7PSi. The third-order valence-corrected chi connectivity index (χ3v) is 16.9. The van der Waals surface area contributed by atoms with Crippen LogP contribution in [0.2, 0.25) is 18.1 Å². The number of carbonyl (C=O) groups excluding carboxylic acids is 1. The number of amides is 1. The summed E-state index contributed by atoms with van der Waals surface area (Å²) >= 11 is 0. The number of unbranched alkanes of at least 4 members (excludes halogenated alkanes) is 11. The van der Waals surface area contributed by atoms with Crippen LogP contribution in [0.15, 0.2) is 60.7 Å². The van der Waals surface area contributed by atoms with Gasteiger partial charge in [0.25, 0.3) is 0 Å². The van der Waals surface area contributed by atoms with E-state index in [2.05, 4.69) is 76.4 Å². The van der Waals surface area contributed by atoms with Crippen LogP contribution in [0.1, 0.15) is 135 Å². The number of phosphoric ester groups is 1. The first-order chi connectivity index (χ1) is 27.4. The maximum Gasteiger partial charge on any atom is 0.474 e. The zero-order valence-electron chi connectivity index (χ0n) is 35.4. The molecule has 2 aromatic carbocycles. The summed E-state index contributed by atoms with van der Waals surface area (Å²) < 4.78 is 43.5. The van der Waals surface area contributed by atoms with Crippen LogP contribution in [0, 0.1) is 22.7 Å². The first kappa shape index (κ1) is 48.1. The van der Waals surface area contributed by atoms with E-state index in [-0.39, 0.29) is 50.2 Å². The lowest BCUT2D eigenvalue weighted by atomic mass is 9.98. The molecule has 1 aliphatic carbocycles. The van der Waals surface area contributed by atoms with Gasteiger partial charge >= 0.3 is 13.9 Å². The number of phosphoric acid groups is 1. The van der Waals surface area contributed by atoms with E-state index in [1.54, 1.807) is 0 Å². The van der Waals surface area contributed by atoms with Crippen LogP contribution >= 0.6 is 7.82 Å². The van der Waals surface area contributed by atoms with E-state index >= 15 is 0 Å². The third kappa shape index (κ3) is 16.5. The van der Waals surface area contributed by atoms with Crippen molar-refractivity contribution < 1.29 is 32.1 Å². The maximum atomic E-state index is 13.8. The van der Waals surface area contributed by atoms with Gasteiger partial charge in [-0.05, 0) is 53.2 Å². The van der Waals surface area contributed by atoms with Crippen molar-refractivity contribution in [3.8, 4) is 23.3 Å². The molecule has 1 amide bonds. The van der Waals surface area contributed by atoms with Crippen LogP contribution in [-0.2, 0) is 27.3 Å². The zero-order valence-corrected chi connectivity index (χ0v) is 37.3. The van der Waals surface area contributed by atoms with Crippen LogP contribution in [-0.4, -0.2) is 53.0 Å². The van der Waals surface area contributed by atoms with Crippen molar-refractivity contribution in [2.45, 2.75) is 154 Å². The van der Waals surface area contributed by atoms with Gasteiger partial charge in [0, 0.05) is 5.92 Å². The van der Waals surface area contributed by atoms with E-state index in [1.807, 2.05) is 42.5 Å². The van der Waals surface area contributed by atoms with Crippen molar-refractivity contribution in [1.29, 1.82) is 10.5 Å². The van der Waals surface area contributed by atoms with Crippen molar-refractivity contribution in [3.05, 3.63) is 71.8 Å². The minimum Gasteiger partial charge on any atom is -0.449 e. The molecule has 314 valence electrons. The number of carbonyl (C=O) groups is 1. The number of nitrogens with zero attached hydrogens (tertiary/aromatic N) is 2. The van der Waals surface area contributed by atoms with Gasteiger partial charge in [-0.15, -0.1) is 0 Å². The maximum absolute atomic E-state index is 13.8. The molecule has 0 saturated carbocycles. The van der Waals surface area contributed by atoms with Crippen molar-refractivity contribution in [3.63, 3.8) is 0 Å². The lowest BCUT2D eigenvalue weighted by molar-refractivity contribution is 0.0774. The predicted molar refractivity (Wildman–Crippen MR) is 230 cm³/mol. The molecule has 57 heavy (non-hydrogen) atoms. The van der Waals surface area contributed by atoms with Gasteiger partial charge < -0.3 is 14.5 Å². The van der Waals surface area contributed by atoms with E-state index in [1.165, 1.54) is 57.8 Å². The first-order valence-corrected chi connectivity index (χ1v) is 25.5. The highest BCUT2D eigenvalue weighted by atomic mass is 31.2. The second-order valence-corrected chi connectivity index (χ2v) is 22.8. The van der Waals surface area contributed by atoms with Crippen LogP contribution in [0.25, 0.3) is 11.1 Å². The molecule has 0 unspecified atom stereocenters. The number of nitriles is 2. The molecule has 0 saturated heterocycles. The molecule has 2 aromatic rings. The number of nitrogens with one attached hydrogen (secondary N) is 1. The molecule has 1 aliphatic rings. The number of ether oxygens (including phenoxy) is 1. The Kier molecular flexibility index (Phi) is 21.3. The third-order valence-electron chi connectivity index (χ3n) is 10.9. The molecule has 0 radical (unpaired) electrons. The SMILES string of the molecule is CCCCCCCCCCCCC/C=C/[C@@H](O[Si](C)(C)C(C)(C)C)[C@H](COP(=O)(OCCC#N)OCCC#N)NC(=O)OCC1c2ccccc2-c2ccccc21. The van der Waals surface area contributed by atoms with E-state index in [4.69, 9.17) is 33.3 Å². The summed E-state index contributed by atoms with van der Waals surface area (Å²) in [5.74, 6) is -0.134. The minimum absolute atomic E-state index is 0.0325. The fourth-order valence-corrected chi connectivity index (χ4v) is 9.10. The highest BCUT2D eigenvalue weighted by Gasteiger charge is 2.41. The van der Waals surface area contributed by atoms with Gasteiger partial charge in [-0.2, -0.15) is 10.5 Å². The molecule has 0 spiro atoms. The summed E-state index contributed by atoms with van der Waals surface area (Å²) in [7, 11) is -6.66. The Bertz CT molecular complexity index is 1600. The fourth-order valence-electron chi connectivity index (χ4n) is 6.63. The average Bonchev–Trinajstić information content (AvgIpc) is 3.50. The summed E-state index contributed by atoms with van der Waals surface area (Å²) in [5.41, 5.74) is 4.45. The fraction of sp³-hybridized carbons (Fsp3) is 0.622. The van der Waals surface area contributed by atoms with Gasteiger partial charge in [-0.25, -0.2) is 9.36 Å². The number of allylic oxidation sites excluding steroid dienone is 1. The normalized spacial score (nSPS) is 14.1. The van der Waals surface area contributed by atoms with Crippen molar-refractivity contribution in [2.75, 3.05) is 26.4 Å². The summed E-state index contributed by atoms with van der Waals surface area (Å²) in [6.45, 7) is 12.4. The Morgan fingerprint density at radius 2 is 1.33 bits per heavy atom. The monoisotopic (exact) mass is 821 g/mol. The summed E-state index contributed by atoms with van der Waals surface area (Å²) in [4.78, 5) is 13.8. The Labute approximate surface area is 344 Å². The number of hydrogen-bond acceptors (Lipinski definition) is 9. The Morgan fingerprint density at radius 3 is 1.84 bits per heavy atom. The standard InChI is InChI=1S/C45H68N3O7PSi/c1-7-8-9-10-11-12-13-14-15-16-17-18-19-30-43(55-57(5,6)45(2,3)4)42(36-54-56(50,52-33-24-31-46)53-34-25-32-47)48-44(49)51-35-41-39-28-22-20-26-37(39)38-27-21-23-29-40(38)41/h19-23,26-30,41-43H,7-18,24-25,33-36H2,1-6H3,(H,48,49)/b30-19+/t42-,43+/m0/s1. The van der Waals surface area contributed by atoms with E-state index < -0.39 is 34.4 Å². The lowest BCUT2D eigenvalue weighted by Gasteiger charge is -2.40. The topological polar surface area (TPSA) is 140 Å². The lowest BCUT2D eigenvalue weighted by Crippen LogP contribution is -2.53. The Hall–Kier alpha value is -3.28. The van der Waals surface area contributed by atoms with Gasteiger partial charge in [0.2, 0.25) is 0 Å². The summed E-state index contributed by atoms with van der Waals surface area (Å²) in [5, 5.41) is 21.0. The molecule has 0 bridgehead atoms. The number of fused-ring (bicyclic) bond motifs is 3. The molecular weight excluding hydrogens is 754 g/mol. The molecule has 0 aliphatic heterocycles. The summed E-state index contributed by atoms with van der Waals surface area (Å²) in [6, 6.07) is 19.4. The number of rotatable bonds is 28. The smallest absolute Gasteiger partial charge is 0.449 e. The van der Waals surface area contributed by atoms with Crippen molar-refractivity contribution in [2.24, 2.45) is 0 Å². The molecule has 1 N–H and O–H groups in total. The second kappa shape index (κ2) is 25.3. The van der Waals surface area contributed by atoms with Gasteiger partial charge in [0.15, 0.2) is 8.32 Å². The van der Waals surface area contributed by atoms with Crippen LogP contribution in [0.4, 0.5) is 4.79 Å². The van der Waals surface area contributed by atoms with Crippen molar-refractivity contribution >= 4 is 22.2 Å². The number of alkyl carbamates (subject to hydrolysis) is 1. The van der Waals surface area contributed by atoms with E-state index in [9.17, 15) is 9.36 Å². The van der Waals surface area contributed by atoms with E-state index in [0.29, 0.717) is 0 Å². The Morgan fingerprint density at radius 1 is 0.825 bits per heavy atom. The minimum atomic E-state index is -4.23. The van der Waals surface area contributed by atoms with Gasteiger partial charge in [-0.3, -0.25) is 13.6 Å². The molecule has 2 atom stereocenters. The number of benzene rings is 2. The Balaban J connectivity index is 1.78. The largest absolute Gasteiger partial charge is 0.474 e. The highest BCUT2D eigenvalue weighted by molar-refractivity contribution is 7.48. The average molecular weight is 822 g/mol. The molecule has 10 nitrogen and oxygen atoms in total. The quantitative estimate of drug-likeness (QED) is 0.0384. The van der Waals surface area contributed by atoms with Crippen LogP contribution in [0.3, 0.4) is 0 Å². The molecule has 0 fully saturated rings. The van der Waals surface area contributed by atoms with Gasteiger partial charge in [0.1, 0.15) is 6.61 Å². The number of hydrogen-bond donors (Lipinski definition) is 1. The molecule has 0 aromatic heterocycles.